The average Bonchev–Trinajstić information content (AvgIpc) is 2.70. The summed E-state index contributed by atoms with van der Waals surface area (Å²) in [6.45, 7) is 1.66. The highest BCUT2D eigenvalue weighted by atomic mass is 16.3. The molecule has 0 heterocycles. The molecule has 0 unspecified atom stereocenters. The smallest absolute Gasteiger partial charge is 0.225 e. The molecular formula is C7H13NO2. The van der Waals surface area contributed by atoms with E-state index < -0.39 is 0 Å². The van der Waals surface area contributed by atoms with E-state index in [2.05, 4.69) is 5.32 Å². The minimum absolute atomic E-state index is 0.0231. The van der Waals surface area contributed by atoms with Gasteiger partial charge < -0.3 is 10.4 Å². The lowest BCUT2D eigenvalue weighted by Gasteiger charge is -2.07. The number of amides is 1. The van der Waals surface area contributed by atoms with E-state index in [1.165, 1.54) is 0 Å². The first-order valence-corrected chi connectivity index (χ1v) is 3.65. The molecule has 10 heavy (non-hydrogen) atoms. The zero-order valence-electron chi connectivity index (χ0n) is 6.13. The summed E-state index contributed by atoms with van der Waals surface area (Å²) in [5.41, 5.74) is 0. The van der Waals surface area contributed by atoms with Crippen LogP contribution in [0.1, 0.15) is 19.8 Å². The Labute approximate surface area is 60.4 Å². The highest BCUT2D eigenvalue weighted by Gasteiger charge is 2.24. The predicted molar refractivity (Wildman–Crippen MR) is 37.4 cm³/mol. The second-order valence-electron chi connectivity index (χ2n) is 2.87. The Bertz CT molecular complexity index is 132. The molecule has 3 nitrogen and oxygen atoms in total. The summed E-state index contributed by atoms with van der Waals surface area (Å²) in [4.78, 5) is 11.0. The largest absolute Gasteiger partial charge is 0.396 e. The van der Waals surface area contributed by atoms with Crippen molar-refractivity contribution < 1.29 is 9.90 Å². The van der Waals surface area contributed by atoms with E-state index >= 15 is 0 Å². The lowest BCUT2D eigenvalue weighted by Crippen LogP contribution is -2.32. The first-order valence-electron chi connectivity index (χ1n) is 3.65. The van der Waals surface area contributed by atoms with Crippen LogP contribution in [0.3, 0.4) is 0 Å². The molecule has 1 atom stereocenters. The highest BCUT2D eigenvalue weighted by Crippen LogP contribution is 2.18. The van der Waals surface area contributed by atoms with Gasteiger partial charge in [0.2, 0.25) is 5.91 Å². The molecule has 1 aliphatic rings. The maximum atomic E-state index is 11.0. The van der Waals surface area contributed by atoms with Gasteiger partial charge in [0, 0.05) is 6.04 Å². The SMILES string of the molecule is C[C@@H](CO)C(=O)NC1CC1. The molecule has 0 bridgehead atoms. The third-order valence-corrected chi connectivity index (χ3v) is 1.65. The van der Waals surface area contributed by atoms with Crippen molar-refractivity contribution in [3.05, 3.63) is 0 Å². The molecule has 0 aromatic heterocycles. The number of hydrogen-bond donors (Lipinski definition) is 2. The van der Waals surface area contributed by atoms with E-state index in [9.17, 15) is 4.79 Å². The maximum Gasteiger partial charge on any atom is 0.225 e. The molecule has 0 aromatic carbocycles. The topological polar surface area (TPSA) is 49.3 Å². The Kier molecular flexibility index (Phi) is 2.27. The van der Waals surface area contributed by atoms with Gasteiger partial charge in [-0.3, -0.25) is 4.79 Å². The summed E-state index contributed by atoms with van der Waals surface area (Å²) in [6, 6.07) is 0.404. The molecule has 1 amide bonds. The number of nitrogens with one attached hydrogen (secondary N) is 1. The van der Waals surface area contributed by atoms with Crippen molar-refractivity contribution in [3.8, 4) is 0 Å². The summed E-state index contributed by atoms with van der Waals surface area (Å²) < 4.78 is 0. The quantitative estimate of drug-likeness (QED) is 0.579. The van der Waals surface area contributed by atoms with Crippen LogP contribution >= 0.6 is 0 Å². The summed E-state index contributed by atoms with van der Waals surface area (Å²) in [7, 11) is 0. The second kappa shape index (κ2) is 3.01. The fourth-order valence-electron chi connectivity index (χ4n) is 0.654. The van der Waals surface area contributed by atoms with E-state index in [0.29, 0.717) is 6.04 Å². The first-order chi connectivity index (χ1) is 4.74. The molecule has 1 saturated carbocycles. The monoisotopic (exact) mass is 143 g/mol. The molecule has 3 heteroatoms. The zero-order valence-corrected chi connectivity index (χ0v) is 6.13. The van der Waals surface area contributed by atoms with Crippen molar-refractivity contribution in [1.82, 2.24) is 5.32 Å². The first kappa shape index (κ1) is 7.54. The van der Waals surface area contributed by atoms with Crippen molar-refractivity contribution >= 4 is 5.91 Å². The van der Waals surface area contributed by atoms with Crippen LogP contribution < -0.4 is 5.32 Å². The van der Waals surface area contributed by atoms with Gasteiger partial charge in [0.05, 0.1) is 12.5 Å². The van der Waals surface area contributed by atoms with Crippen molar-refractivity contribution in [2.24, 2.45) is 5.92 Å². The van der Waals surface area contributed by atoms with Gasteiger partial charge in [0.1, 0.15) is 0 Å². The van der Waals surface area contributed by atoms with E-state index in [1.807, 2.05) is 0 Å². The van der Waals surface area contributed by atoms with Crippen LogP contribution in [0, 0.1) is 5.92 Å². The van der Waals surface area contributed by atoms with Gasteiger partial charge in [0.15, 0.2) is 0 Å². The van der Waals surface area contributed by atoms with Crippen LogP contribution in [0.4, 0.5) is 0 Å². The third kappa shape index (κ3) is 1.99. The Morgan fingerprint density at radius 2 is 2.40 bits per heavy atom. The zero-order chi connectivity index (χ0) is 7.56. The lowest BCUT2D eigenvalue weighted by atomic mass is 10.2. The van der Waals surface area contributed by atoms with Crippen LogP contribution in [0.5, 0.6) is 0 Å². The number of aliphatic hydroxyl groups excluding tert-OH is 1. The molecule has 1 rings (SSSR count). The Balaban J connectivity index is 2.18. The predicted octanol–water partition coefficient (Wildman–Crippen LogP) is -0.107. The molecule has 0 radical (unpaired) electrons. The van der Waals surface area contributed by atoms with Gasteiger partial charge >= 0.3 is 0 Å². The van der Waals surface area contributed by atoms with Gasteiger partial charge in [0.25, 0.3) is 0 Å². The molecule has 58 valence electrons. The van der Waals surface area contributed by atoms with E-state index in [0.717, 1.165) is 12.8 Å². The second-order valence-corrected chi connectivity index (χ2v) is 2.87. The van der Waals surface area contributed by atoms with E-state index in [1.54, 1.807) is 6.92 Å². The highest BCUT2D eigenvalue weighted by molar-refractivity contribution is 5.78. The van der Waals surface area contributed by atoms with Crippen molar-refractivity contribution in [3.63, 3.8) is 0 Å². The average molecular weight is 143 g/mol. The Morgan fingerprint density at radius 1 is 1.80 bits per heavy atom. The van der Waals surface area contributed by atoms with Gasteiger partial charge in [-0.1, -0.05) is 6.92 Å². The summed E-state index contributed by atoms with van der Waals surface area (Å²) >= 11 is 0. The van der Waals surface area contributed by atoms with Crippen molar-refractivity contribution in [1.29, 1.82) is 0 Å². The number of aliphatic hydroxyl groups is 1. The maximum absolute atomic E-state index is 11.0. The van der Waals surface area contributed by atoms with Crippen LogP contribution in [0.25, 0.3) is 0 Å². The molecule has 1 aliphatic carbocycles. The third-order valence-electron chi connectivity index (χ3n) is 1.65. The van der Waals surface area contributed by atoms with Crippen LogP contribution in [-0.2, 0) is 4.79 Å². The molecule has 0 aromatic rings. The molecule has 1 fully saturated rings. The lowest BCUT2D eigenvalue weighted by molar-refractivity contribution is -0.125. The van der Waals surface area contributed by atoms with Gasteiger partial charge in [-0.05, 0) is 12.8 Å². The summed E-state index contributed by atoms with van der Waals surface area (Å²) in [5.74, 6) is -0.273. The summed E-state index contributed by atoms with van der Waals surface area (Å²) in [6.07, 6.45) is 2.20. The van der Waals surface area contributed by atoms with Gasteiger partial charge in [-0.15, -0.1) is 0 Å². The minimum Gasteiger partial charge on any atom is -0.396 e. The van der Waals surface area contributed by atoms with E-state index in [-0.39, 0.29) is 18.4 Å². The Hall–Kier alpha value is -0.570. The van der Waals surface area contributed by atoms with Crippen LogP contribution in [-0.4, -0.2) is 23.7 Å². The number of hydrogen-bond acceptors (Lipinski definition) is 2. The fourth-order valence-corrected chi connectivity index (χ4v) is 0.654. The van der Waals surface area contributed by atoms with Crippen LogP contribution in [0.2, 0.25) is 0 Å². The standard InChI is InChI=1S/C7H13NO2/c1-5(4-9)7(10)8-6-2-3-6/h5-6,9H,2-4H2,1H3,(H,8,10)/t5-/m0/s1. The van der Waals surface area contributed by atoms with Crippen molar-refractivity contribution in [2.45, 2.75) is 25.8 Å². The van der Waals surface area contributed by atoms with E-state index in [4.69, 9.17) is 5.11 Å². The molecule has 0 saturated heterocycles. The normalized spacial score (nSPS) is 20.2. The molecule has 0 aliphatic heterocycles. The fraction of sp³-hybridized carbons (Fsp3) is 0.857. The van der Waals surface area contributed by atoms with Crippen molar-refractivity contribution in [2.75, 3.05) is 6.61 Å². The molecule has 0 spiro atoms. The van der Waals surface area contributed by atoms with Gasteiger partial charge in [-0.2, -0.15) is 0 Å². The van der Waals surface area contributed by atoms with Gasteiger partial charge in [-0.25, -0.2) is 0 Å². The molecular weight excluding hydrogens is 130 g/mol. The number of carbonyl (C=O) groups is 1. The number of rotatable bonds is 3. The molecule has 2 N–H and O–H groups in total. The number of carbonyl (C=O) groups excluding carboxylic acids is 1. The summed E-state index contributed by atoms with van der Waals surface area (Å²) in [5, 5.41) is 11.4. The van der Waals surface area contributed by atoms with Crippen LogP contribution in [0.15, 0.2) is 0 Å². The Morgan fingerprint density at radius 3 is 2.80 bits per heavy atom. The minimum atomic E-state index is -0.249.